The molecule has 0 aliphatic heterocycles. The highest BCUT2D eigenvalue weighted by Gasteiger charge is 2.13. The van der Waals surface area contributed by atoms with Gasteiger partial charge in [0, 0.05) is 6.20 Å². The number of carbonyl (C=O) groups is 1. The predicted octanol–water partition coefficient (Wildman–Crippen LogP) is 2.57. The largest absolute Gasteiger partial charge is 0.478 e. The summed E-state index contributed by atoms with van der Waals surface area (Å²) in [6.07, 6.45) is 1.45. The first-order chi connectivity index (χ1) is 7.68. The molecule has 2 aromatic heterocycles. The number of pyridine rings is 1. The Labute approximate surface area is 100 Å². The van der Waals surface area contributed by atoms with E-state index in [0.717, 1.165) is 4.21 Å². The number of hydrogen-bond donors (Lipinski definition) is 2. The summed E-state index contributed by atoms with van der Waals surface area (Å²) in [5, 5.41) is 11.4. The summed E-state index contributed by atoms with van der Waals surface area (Å²) in [6.45, 7) is 0. The van der Waals surface area contributed by atoms with Gasteiger partial charge in [-0.25, -0.2) is 9.78 Å². The topological polar surface area (TPSA) is 76.2 Å². The molecule has 0 unspecified atom stereocenters. The van der Waals surface area contributed by atoms with Gasteiger partial charge in [0.1, 0.15) is 5.03 Å². The quantitative estimate of drug-likeness (QED) is 0.878. The second-order valence-corrected chi connectivity index (χ2v) is 5.15. The van der Waals surface area contributed by atoms with E-state index in [9.17, 15) is 4.79 Å². The van der Waals surface area contributed by atoms with Crippen molar-refractivity contribution >= 4 is 34.8 Å². The average Bonchev–Trinajstić information content (AvgIpc) is 2.73. The summed E-state index contributed by atoms with van der Waals surface area (Å²) in [4.78, 5) is 14.9. The number of carboxylic acids is 1. The molecule has 0 aliphatic rings. The lowest BCUT2D eigenvalue weighted by atomic mass is 10.2. The number of thiophene rings is 1. The summed E-state index contributed by atoms with van der Waals surface area (Å²) in [6, 6.07) is 5.25. The first-order valence-corrected chi connectivity index (χ1v) is 6.07. The molecule has 4 nitrogen and oxygen atoms in total. The van der Waals surface area contributed by atoms with Gasteiger partial charge in [0.05, 0.1) is 15.5 Å². The van der Waals surface area contributed by atoms with Crippen LogP contribution in [0.4, 0.5) is 5.69 Å². The standard InChI is InChI=1S/C10H8N2O2S2/c11-8-6(10(13)14)3-4-12-9(8)16-7-2-1-5-15-7/h1-5H,11H2,(H,13,14). The predicted molar refractivity (Wildman–Crippen MR) is 64.1 cm³/mol. The number of nitrogen functional groups attached to an aromatic ring is 1. The van der Waals surface area contributed by atoms with Crippen LogP contribution in [0.1, 0.15) is 10.4 Å². The van der Waals surface area contributed by atoms with Gasteiger partial charge in [0.25, 0.3) is 0 Å². The molecule has 2 rings (SSSR count). The zero-order chi connectivity index (χ0) is 11.5. The van der Waals surface area contributed by atoms with Crippen molar-refractivity contribution in [2.45, 2.75) is 9.24 Å². The van der Waals surface area contributed by atoms with Gasteiger partial charge in [-0.05, 0) is 17.5 Å². The van der Waals surface area contributed by atoms with Crippen molar-refractivity contribution in [3.05, 3.63) is 35.3 Å². The molecule has 0 saturated carbocycles. The second kappa shape index (κ2) is 4.54. The normalized spacial score (nSPS) is 10.2. The molecule has 0 bridgehead atoms. The Morgan fingerprint density at radius 3 is 2.94 bits per heavy atom. The minimum atomic E-state index is -1.03. The van der Waals surface area contributed by atoms with Crippen molar-refractivity contribution in [3.63, 3.8) is 0 Å². The van der Waals surface area contributed by atoms with Crippen LogP contribution in [0.3, 0.4) is 0 Å². The summed E-state index contributed by atoms with van der Waals surface area (Å²) < 4.78 is 1.03. The Balaban J connectivity index is 2.35. The van der Waals surface area contributed by atoms with E-state index in [-0.39, 0.29) is 11.3 Å². The van der Waals surface area contributed by atoms with Crippen LogP contribution in [0.25, 0.3) is 0 Å². The van der Waals surface area contributed by atoms with E-state index in [4.69, 9.17) is 10.8 Å². The summed E-state index contributed by atoms with van der Waals surface area (Å²) in [5.74, 6) is -1.03. The summed E-state index contributed by atoms with van der Waals surface area (Å²) in [7, 11) is 0. The first-order valence-electron chi connectivity index (χ1n) is 4.37. The van der Waals surface area contributed by atoms with Crippen molar-refractivity contribution in [1.29, 1.82) is 0 Å². The molecular weight excluding hydrogens is 244 g/mol. The van der Waals surface area contributed by atoms with E-state index in [1.165, 1.54) is 24.0 Å². The number of hydrogen-bond acceptors (Lipinski definition) is 5. The number of aromatic nitrogens is 1. The van der Waals surface area contributed by atoms with Crippen molar-refractivity contribution in [1.82, 2.24) is 4.98 Å². The smallest absolute Gasteiger partial charge is 0.337 e. The van der Waals surface area contributed by atoms with E-state index in [2.05, 4.69) is 4.98 Å². The third-order valence-electron chi connectivity index (χ3n) is 1.88. The lowest BCUT2D eigenvalue weighted by Crippen LogP contribution is -2.04. The minimum absolute atomic E-state index is 0.0917. The highest BCUT2D eigenvalue weighted by atomic mass is 32.2. The number of anilines is 1. The molecular formula is C10H8N2O2S2. The van der Waals surface area contributed by atoms with Crippen LogP contribution in [-0.4, -0.2) is 16.1 Å². The van der Waals surface area contributed by atoms with E-state index in [0.29, 0.717) is 5.03 Å². The fourth-order valence-electron chi connectivity index (χ4n) is 1.14. The second-order valence-electron chi connectivity index (χ2n) is 2.92. The zero-order valence-corrected chi connectivity index (χ0v) is 9.72. The monoisotopic (exact) mass is 252 g/mol. The minimum Gasteiger partial charge on any atom is -0.478 e. The van der Waals surface area contributed by atoms with Crippen LogP contribution in [0.15, 0.2) is 39.0 Å². The van der Waals surface area contributed by atoms with Gasteiger partial charge in [-0.3, -0.25) is 0 Å². The molecule has 0 fully saturated rings. The Morgan fingerprint density at radius 2 is 2.31 bits per heavy atom. The third kappa shape index (κ3) is 2.17. The summed E-state index contributed by atoms with van der Waals surface area (Å²) in [5.41, 5.74) is 6.05. The van der Waals surface area contributed by atoms with Crippen LogP contribution >= 0.6 is 23.1 Å². The lowest BCUT2D eigenvalue weighted by molar-refractivity contribution is 0.0697. The molecule has 2 aromatic rings. The molecule has 82 valence electrons. The maximum Gasteiger partial charge on any atom is 0.337 e. The van der Waals surface area contributed by atoms with Crippen LogP contribution in [0.5, 0.6) is 0 Å². The van der Waals surface area contributed by atoms with Crippen LogP contribution < -0.4 is 5.73 Å². The maximum atomic E-state index is 10.9. The number of nitrogens with two attached hydrogens (primary N) is 1. The van der Waals surface area contributed by atoms with Crippen LogP contribution in [0.2, 0.25) is 0 Å². The zero-order valence-electron chi connectivity index (χ0n) is 8.08. The number of rotatable bonds is 3. The van der Waals surface area contributed by atoms with Gasteiger partial charge in [-0.15, -0.1) is 11.3 Å². The number of aromatic carboxylic acids is 1. The van der Waals surface area contributed by atoms with Gasteiger partial charge in [0.2, 0.25) is 0 Å². The Kier molecular flexibility index (Phi) is 3.12. The van der Waals surface area contributed by atoms with Crippen LogP contribution in [0, 0.1) is 0 Å². The van der Waals surface area contributed by atoms with E-state index in [1.54, 1.807) is 11.3 Å². The highest BCUT2D eigenvalue weighted by Crippen LogP contribution is 2.34. The SMILES string of the molecule is Nc1c(C(=O)O)ccnc1Sc1cccs1. The fraction of sp³-hybridized carbons (Fsp3) is 0. The fourth-order valence-corrected chi connectivity index (χ4v) is 2.85. The highest BCUT2D eigenvalue weighted by molar-refractivity contribution is 8.01. The van der Waals surface area contributed by atoms with E-state index in [1.807, 2.05) is 17.5 Å². The Hall–Kier alpha value is -1.53. The Bertz CT molecular complexity index is 512. The van der Waals surface area contributed by atoms with Gasteiger partial charge in [0.15, 0.2) is 0 Å². The van der Waals surface area contributed by atoms with Gasteiger partial charge < -0.3 is 10.8 Å². The molecule has 0 aliphatic carbocycles. The van der Waals surface area contributed by atoms with Crippen molar-refractivity contribution < 1.29 is 9.90 Å². The Morgan fingerprint density at radius 1 is 1.50 bits per heavy atom. The average molecular weight is 252 g/mol. The van der Waals surface area contributed by atoms with Gasteiger partial charge in [-0.1, -0.05) is 17.8 Å². The van der Waals surface area contributed by atoms with Crippen molar-refractivity contribution in [2.75, 3.05) is 5.73 Å². The first kappa shape index (κ1) is 11.0. The number of carboxylic acid groups (broad SMARTS) is 1. The lowest BCUT2D eigenvalue weighted by Gasteiger charge is -2.05. The maximum absolute atomic E-state index is 10.9. The van der Waals surface area contributed by atoms with E-state index >= 15 is 0 Å². The third-order valence-corrected chi connectivity index (χ3v) is 3.93. The molecule has 0 saturated heterocycles. The van der Waals surface area contributed by atoms with Crippen LogP contribution in [-0.2, 0) is 0 Å². The molecule has 3 N–H and O–H groups in total. The molecule has 0 spiro atoms. The molecule has 0 atom stereocenters. The molecule has 6 heteroatoms. The van der Waals surface area contributed by atoms with Gasteiger partial charge >= 0.3 is 5.97 Å². The van der Waals surface area contributed by atoms with Gasteiger partial charge in [-0.2, -0.15) is 0 Å². The molecule has 0 radical (unpaired) electrons. The molecule has 2 heterocycles. The summed E-state index contributed by atoms with van der Waals surface area (Å²) >= 11 is 2.93. The van der Waals surface area contributed by atoms with Crippen molar-refractivity contribution in [2.24, 2.45) is 0 Å². The number of nitrogens with zero attached hydrogens (tertiary/aromatic N) is 1. The molecule has 0 aromatic carbocycles. The molecule has 0 amide bonds. The van der Waals surface area contributed by atoms with Crippen molar-refractivity contribution in [3.8, 4) is 0 Å². The van der Waals surface area contributed by atoms with E-state index < -0.39 is 5.97 Å². The molecule has 16 heavy (non-hydrogen) atoms.